The van der Waals surface area contributed by atoms with Crippen molar-refractivity contribution in [1.29, 1.82) is 5.26 Å². The van der Waals surface area contributed by atoms with Gasteiger partial charge in [0, 0.05) is 18.2 Å². The first-order chi connectivity index (χ1) is 13.2. The van der Waals surface area contributed by atoms with Crippen LogP contribution in [0.1, 0.15) is 30.9 Å². The molecule has 27 heavy (non-hydrogen) atoms. The smallest absolute Gasteiger partial charge is 0.255 e. The Morgan fingerprint density at radius 2 is 1.85 bits per heavy atom. The highest BCUT2D eigenvalue weighted by Gasteiger charge is 2.11. The van der Waals surface area contributed by atoms with Gasteiger partial charge in [0.2, 0.25) is 5.95 Å². The molecule has 3 aromatic rings. The van der Waals surface area contributed by atoms with Crippen LogP contribution in [0, 0.1) is 11.3 Å². The molecule has 0 radical (unpaired) electrons. The van der Waals surface area contributed by atoms with Gasteiger partial charge >= 0.3 is 0 Å². The maximum absolute atomic E-state index is 12.8. The van der Waals surface area contributed by atoms with Crippen LogP contribution in [0.4, 0.5) is 5.95 Å². The van der Waals surface area contributed by atoms with Crippen molar-refractivity contribution in [2.75, 3.05) is 11.9 Å². The van der Waals surface area contributed by atoms with Crippen molar-refractivity contribution in [1.82, 2.24) is 9.55 Å². The normalized spacial score (nSPS) is 10.4. The lowest BCUT2D eigenvalue weighted by Crippen LogP contribution is -2.25. The summed E-state index contributed by atoms with van der Waals surface area (Å²) >= 11 is 0. The van der Waals surface area contributed by atoms with Crippen molar-refractivity contribution >= 4 is 5.95 Å². The van der Waals surface area contributed by atoms with Gasteiger partial charge in [-0.05, 0) is 24.1 Å². The van der Waals surface area contributed by atoms with Crippen molar-refractivity contribution in [3.63, 3.8) is 0 Å². The van der Waals surface area contributed by atoms with Gasteiger partial charge in [-0.2, -0.15) is 5.26 Å². The van der Waals surface area contributed by atoms with Gasteiger partial charge in [-0.25, -0.2) is 4.98 Å². The molecule has 2 aromatic carbocycles. The van der Waals surface area contributed by atoms with Gasteiger partial charge < -0.3 is 5.32 Å². The Hall–Kier alpha value is -3.39. The van der Waals surface area contributed by atoms with Crippen molar-refractivity contribution in [2.24, 2.45) is 0 Å². The highest BCUT2D eigenvalue weighted by Crippen LogP contribution is 2.18. The summed E-state index contributed by atoms with van der Waals surface area (Å²) in [5.41, 5.74) is 2.94. The molecule has 136 valence electrons. The van der Waals surface area contributed by atoms with Gasteiger partial charge in [0.1, 0.15) is 0 Å². The van der Waals surface area contributed by atoms with E-state index in [9.17, 15) is 4.79 Å². The van der Waals surface area contributed by atoms with Crippen molar-refractivity contribution in [3.8, 4) is 17.3 Å². The highest BCUT2D eigenvalue weighted by atomic mass is 16.1. The van der Waals surface area contributed by atoms with Crippen molar-refractivity contribution in [2.45, 2.75) is 26.3 Å². The summed E-state index contributed by atoms with van der Waals surface area (Å²) in [5.74, 6) is 0.569. The second-order valence-electron chi connectivity index (χ2n) is 6.34. The van der Waals surface area contributed by atoms with Gasteiger partial charge in [-0.15, -0.1) is 0 Å². The van der Waals surface area contributed by atoms with E-state index in [1.54, 1.807) is 22.8 Å². The average Bonchev–Trinajstić information content (AvgIpc) is 2.71. The molecule has 0 bridgehead atoms. The Morgan fingerprint density at radius 1 is 1.11 bits per heavy atom. The van der Waals surface area contributed by atoms with Crippen LogP contribution in [-0.4, -0.2) is 16.1 Å². The molecule has 5 heteroatoms. The molecule has 0 aliphatic carbocycles. The number of hydrogen-bond donors (Lipinski definition) is 1. The fourth-order valence-corrected chi connectivity index (χ4v) is 2.80. The molecule has 0 spiro atoms. The molecule has 0 saturated carbocycles. The lowest BCUT2D eigenvalue weighted by atomic mass is 10.1. The maximum Gasteiger partial charge on any atom is 0.255 e. The van der Waals surface area contributed by atoms with E-state index in [0.29, 0.717) is 23.8 Å². The minimum absolute atomic E-state index is 0.104. The first-order valence-electron chi connectivity index (χ1n) is 9.11. The van der Waals surface area contributed by atoms with Crippen LogP contribution in [-0.2, 0) is 6.54 Å². The average molecular weight is 358 g/mol. The van der Waals surface area contributed by atoms with E-state index in [1.807, 2.05) is 42.5 Å². The van der Waals surface area contributed by atoms with E-state index < -0.39 is 0 Å². The number of rotatable bonds is 7. The number of nitriles is 1. The molecule has 3 rings (SSSR count). The molecule has 0 unspecified atom stereocenters. The van der Waals surface area contributed by atoms with Crippen molar-refractivity contribution < 1.29 is 0 Å². The Morgan fingerprint density at radius 3 is 2.52 bits per heavy atom. The largest absolute Gasteiger partial charge is 0.356 e. The fraction of sp³-hybridized carbons (Fsp3) is 0.227. The van der Waals surface area contributed by atoms with E-state index in [0.717, 1.165) is 30.5 Å². The quantitative estimate of drug-likeness (QED) is 0.647. The molecule has 1 N–H and O–H groups in total. The standard InChI is InChI=1S/C22H22N4O/c1-2-3-13-24-22-25-20(19-11-9-17(15-23)10-12-19)14-21(27)26(22)16-18-7-5-4-6-8-18/h4-12,14H,2-3,13,16H2,1H3,(H,24,25). The number of anilines is 1. The van der Waals surface area contributed by atoms with Crippen molar-refractivity contribution in [3.05, 3.63) is 82.1 Å². The number of hydrogen-bond acceptors (Lipinski definition) is 4. The van der Waals surface area contributed by atoms with Crippen LogP contribution in [0.5, 0.6) is 0 Å². The Balaban J connectivity index is 1.99. The molecule has 1 aromatic heterocycles. The topological polar surface area (TPSA) is 70.7 Å². The van der Waals surface area contributed by atoms with E-state index in [1.165, 1.54) is 0 Å². The zero-order chi connectivity index (χ0) is 19.1. The van der Waals surface area contributed by atoms with Crippen LogP contribution in [0.3, 0.4) is 0 Å². The zero-order valence-corrected chi connectivity index (χ0v) is 15.4. The van der Waals surface area contributed by atoms with Gasteiger partial charge in [0.25, 0.3) is 5.56 Å². The third-order valence-electron chi connectivity index (χ3n) is 4.31. The molecule has 5 nitrogen and oxygen atoms in total. The fourth-order valence-electron chi connectivity index (χ4n) is 2.80. The molecule has 0 atom stereocenters. The van der Waals surface area contributed by atoms with Crippen LogP contribution in [0.2, 0.25) is 0 Å². The SMILES string of the molecule is CCCCNc1nc(-c2ccc(C#N)cc2)cc(=O)n1Cc1ccccc1. The summed E-state index contributed by atoms with van der Waals surface area (Å²) in [6.45, 7) is 3.35. The summed E-state index contributed by atoms with van der Waals surface area (Å²) in [6.07, 6.45) is 2.06. The van der Waals surface area contributed by atoms with E-state index >= 15 is 0 Å². The molecule has 0 aliphatic heterocycles. The molecular formula is C22H22N4O. The monoisotopic (exact) mass is 358 g/mol. The van der Waals surface area contributed by atoms with E-state index in [4.69, 9.17) is 10.2 Å². The first-order valence-corrected chi connectivity index (χ1v) is 9.11. The summed E-state index contributed by atoms with van der Waals surface area (Å²) in [7, 11) is 0. The Labute approximate surface area is 158 Å². The number of nitrogens with one attached hydrogen (secondary N) is 1. The summed E-state index contributed by atoms with van der Waals surface area (Å²) in [5, 5.41) is 12.3. The number of unbranched alkanes of at least 4 members (excludes halogenated alkanes) is 1. The molecular weight excluding hydrogens is 336 g/mol. The lowest BCUT2D eigenvalue weighted by Gasteiger charge is -2.15. The predicted octanol–water partition coefficient (Wildman–Crippen LogP) is 4.04. The third kappa shape index (κ3) is 4.62. The second-order valence-corrected chi connectivity index (χ2v) is 6.34. The minimum atomic E-state index is -0.104. The van der Waals surface area contributed by atoms with Crippen LogP contribution in [0.25, 0.3) is 11.3 Å². The van der Waals surface area contributed by atoms with Gasteiger partial charge in [0.05, 0.1) is 23.9 Å². The molecule has 0 fully saturated rings. The number of benzene rings is 2. The summed E-state index contributed by atoms with van der Waals surface area (Å²) in [4.78, 5) is 17.5. The highest BCUT2D eigenvalue weighted by molar-refractivity contribution is 5.61. The molecule has 0 amide bonds. The predicted molar refractivity (Wildman–Crippen MR) is 108 cm³/mol. The maximum atomic E-state index is 12.8. The van der Waals surface area contributed by atoms with Crippen LogP contribution in [0.15, 0.2) is 65.5 Å². The summed E-state index contributed by atoms with van der Waals surface area (Å²) < 4.78 is 1.66. The van der Waals surface area contributed by atoms with Crippen LogP contribution >= 0.6 is 0 Å². The third-order valence-corrected chi connectivity index (χ3v) is 4.31. The van der Waals surface area contributed by atoms with Gasteiger partial charge in [-0.3, -0.25) is 9.36 Å². The Kier molecular flexibility index (Phi) is 6.01. The molecule has 0 aliphatic rings. The number of aromatic nitrogens is 2. The van der Waals surface area contributed by atoms with Crippen LogP contribution < -0.4 is 10.9 Å². The van der Waals surface area contributed by atoms with E-state index in [-0.39, 0.29) is 5.56 Å². The summed E-state index contributed by atoms with van der Waals surface area (Å²) in [6, 6.07) is 20.6. The second kappa shape index (κ2) is 8.81. The first kappa shape index (κ1) is 18.4. The molecule has 1 heterocycles. The zero-order valence-electron chi connectivity index (χ0n) is 15.4. The Bertz CT molecular complexity index is 986. The molecule has 0 saturated heterocycles. The van der Waals surface area contributed by atoms with Gasteiger partial charge in [0.15, 0.2) is 0 Å². The van der Waals surface area contributed by atoms with E-state index in [2.05, 4.69) is 18.3 Å². The number of nitrogens with zero attached hydrogens (tertiary/aromatic N) is 3. The lowest BCUT2D eigenvalue weighted by molar-refractivity contribution is 0.731. The minimum Gasteiger partial charge on any atom is -0.356 e. The van der Waals surface area contributed by atoms with Gasteiger partial charge in [-0.1, -0.05) is 55.8 Å².